The lowest BCUT2D eigenvalue weighted by atomic mass is 9.83. The van der Waals surface area contributed by atoms with Crippen molar-refractivity contribution in [2.45, 2.75) is 65.2 Å². The molecule has 3 rings (SSSR count). The van der Waals surface area contributed by atoms with Crippen molar-refractivity contribution in [3.63, 3.8) is 0 Å². The van der Waals surface area contributed by atoms with Gasteiger partial charge in [0.1, 0.15) is 5.82 Å². The van der Waals surface area contributed by atoms with Gasteiger partial charge in [-0.1, -0.05) is 63.5 Å². The van der Waals surface area contributed by atoms with Gasteiger partial charge >= 0.3 is 0 Å². The Balaban J connectivity index is 0.00000100. The summed E-state index contributed by atoms with van der Waals surface area (Å²) in [5.74, 6) is 0.230. The molecule has 0 aliphatic heterocycles. The Morgan fingerprint density at radius 3 is 2.42 bits per heavy atom. The van der Waals surface area contributed by atoms with Crippen molar-refractivity contribution in [3.8, 4) is 0 Å². The predicted octanol–water partition coefficient (Wildman–Crippen LogP) is 7.27. The molecule has 130 valence electrons. The minimum atomic E-state index is -0.104. The van der Waals surface area contributed by atoms with Crippen LogP contribution in [0.2, 0.25) is 0 Å². The summed E-state index contributed by atoms with van der Waals surface area (Å²) in [5.41, 5.74) is 3.74. The average molecular weight is 330 g/mol. The molecule has 1 fully saturated rings. The number of allylic oxidation sites excluding steroid dienone is 5. The fourth-order valence-corrected chi connectivity index (χ4v) is 3.74. The summed E-state index contributed by atoms with van der Waals surface area (Å²) in [6, 6.07) is 3.91. The summed E-state index contributed by atoms with van der Waals surface area (Å²) in [6.07, 6.45) is 12.4. The molecule has 0 atom stereocenters. The monoisotopic (exact) mass is 330 g/mol. The van der Waals surface area contributed by atoms with Crippen LogP contribution in [0.4, 0.5) is 8.78 Å². The van der Waals surface area contributed by atoms with Crippen molar-refractivity contribution in [2.75, 3.05) is 0 Å². The highest BCUT2D eigenvalue weighted by atomic mass is 19.1. The largest absolute Gasteiger partial charge is 0.215 e. The second-order valence-corrected chi connectivity index (χ2v) is 6.25. The van der Waals surface area contributed by atoms with Gasteiger partial charge in [0.05, 0.1) is 6.33 Å². The van der Waals surface area contributed by atoms with E-state index in [1.165, 1.54) is 19.3 Å². The Morgan fingerprint density at radius 2 is 1.79 bits per heavy atom. The van der Waals surface area contributed by atoms with Gasteiger partial charge in [-0.2, -0.15) is 0 Å². The van der Waals surface area contributed by atoms with E-state index in [4.69, 9.17) is 0 Å². The van der Waals surface area contributed by atoms with E-state index in [0.717, 1.165) is 29.5 Å². The van der Waals surface area contributed by atoms with Gasteiger partial charge in [-0.15, -0.1) is 0 Å². The van der Waals surface area contributed by atoms with Crippen LogP contribution in [-0.2, 0) is 6.42 Å². The topological polar surface area (TPSA) is 0 Å². The van der Waals surface area contributed by atoms with Crippen molar-refractivity contribution < 1.29 is 8.78 Å². The van der Waals surface area contributed by atoms with E-state index in [0.29, 0.717) is 29.8 Å². The molecule has 24 heavy (non-hydrogen) atoms. The van der Waals surface area contributed by atoms with Gasteiger partial charge in [0.25, 0.3) is 0 Å². The van der Waals surface area contributed by atoms with Crippen LogP contribution in [0.15, 0.2) is 42.3 Å². The van der Waals surface area contributed by atoms with E-state index in [1.54, 1.807) is 0 Å². The van der Waals surface area contributed by atoms with Crippen molar-refractivity contribution in [1.82, 2.24) is 0 Å². The van der Waals surface area contributed by atoms with E-state index in [9.17, 15) is 8.78 Å². The number of fused-ring (bicyclic) bond motifs is 1. The first-order chi connectivity index (χ1) is 11.8. The third kappa shape index (κ3) is 3.68. The van der Waals surface area contributed by atoms with Crippen LogP contribution in [0.5, 0.6) is 0 Å². The second-order valence-electron chi connectivity index (χ2n) is 6.25. The highest BCUT2D eigenvalue weighted by molar-refractivity contribution is 5.86. The van der Waals surface area contributed by atoms with E-state index < -0.39 is 0 Å². The van der Waals surface area contributed by atoms with Gasteiger partial charge in [0.15, 0.2) is 0 Å². The molecule has 0 N–H and O–H groups in total. The maximum Gasteiger partial charge on any atom is 0.130 e. The highest BCUT2D eigenvalue weighted by Crippen LogP contribution is 2.42. The van der Waals surface area contributed by atoms with Gasteiger partial charge in [-0.3, -0.25) is 0 Å². The minimum absolute atomic E-state index is 0.104. The first-order valence-corrected chi connectivity index (χ1v) is 9.20. The number of hydrogen-bond donors (Lipinski definition) is 0. The number of benzene rings is 1. The zero-order valence-electron chi connectivity index (χ0n) is 15.0. The first kappa shape index (κ1) is 18.6. The molecule has 2 aliphatic carbocycles. The molecular weight excluding hydrogens is 302 g/mol. The van der Waals surface area contributed by atoms with Gasteiger partial charge < -0.3 is 0 Å². The molecule has 1 saturated carbocycles. The van der Waals surface area contributed by atoms with Crippen LogP contribution < -0.4 is 0 Å². The summed E-state index contributed by atoms with van der Waals surface area (Å²) in [6.45, 7) is 5.92. The van der Waals surface area contributed by atoms with Crippen molar-refractivity contribution in [2.24, 2.45) is 0 Å². The van der Waals surface area contributed by atoms with E-state index in [2.05, 4.69) is 0 Å². The Labute approximate surface area is 145 Å². The van der Waals surface area contributed by atoms with Crippen LogP contribution in [0, 0.1) is 5.82 Å². The lowest BCUT2D eigenvalue weighted by Crippen LogP contribution is -2.08. The maximum absolute atomic E-state index is 15.0. The van der Waals surface area contributed by atoms with E-state index in [1.807, 2.05) is 51.1 Å². The SMILES string of the molecule is CC.C\C=C/C=C1\C(=C\F)Cc2c1ccc(C1CCCCC1)c2F. The molecular formula is C22H28F2. The van der Waals surface area contributed by atoms with Gasteiger partial charge in [-0.05, 0) is 48.0 Å². The fourth-order valence-electron chi connectivity index (χ4n) is 3.74. The normalized spacial score (nSPS) is 21.2. The zero-order chi connectivity index (χ0) is 17.5. The molecule has 1 aromatic rings. The summed E-state index contributed by atoms with van der Waals surface area (Å²) in [7, 11) is 0. The standard InChI is InChI=1S/C20H22F2.C2H6/c1-2-3-9-16-15(13-21)12-19-18(16)11-10-17(20(19)22)14-7-5-4-6-8-14;1-2/h2-3,9-11,13-14H,4-8,12H2,1H3;1-2H3/b3-2-,15-13+,16-9+;. The molecule has 0 nitrogen and oxygen atoms in total. The van der Waals surface area contributed by atoms with Crippen LogP contribution in [0.3, 0.4) is 0 Å². The molecule has 1 aromatic carbocycles. The molecule has 0 saturated heterocycles. The highest BCUT2D eigenvalue weighted by Gasteiger charge is 2.28. The third-order valence-corrected chi connectivity index (χ3v) is 4.91. The predicted molar refractivity (Wildman–Crippen MR) is 99.3 cm³/mol. The maximum atomic E-state index is 15.0. The van der Waals surface area contributed by atoms with Crippen molar-refractivity contribution in [3.05, 3.63) is 64.8 Å². The molecule has 0 bridgehead atoms. The van der Waals surface area contributed by atoms with E-state index in [-0.39, 0.29) is 5.82 Å². The van der Waals surface area contributed by atoms with Crippen molar-refractivity contribution in [1.29, 1.82) is 0 Å². The Bertz CT molecular complexity index is 644. The molecule has 2 aliphatic rings. The molecule has 2 heteroatoms. The smallest absolute Gasteiger partial charge is 0.130 e. The van der Waals surface area contributed by atoms with Gasteiger partial charge in [-0.25, -0.2) is 8.78 Å². The fraction of sp³-hybridized carbons (Fsp3) is 0.455. The number of halogens is 2. The van der Waals surface area contributed by atoms with Gasteiger partial charge in [0, 0.05) is 12.0 Å². The van der Waals surface area contributed by atoms with Crippen LogP contribution in [-0.4, -0.2) is 0 Å². The van der Waals surface area contributed by atoms with Crippen LogP contribution in [0.25, 0.3) is 5.57 Å². The van der Waals surface area contributed by atoms with E-state index >= 15 is 0 Å². The lowest BCUT2D eigenvalue weighted by molar-refractivity contribution is 0.428. The van der Waals surface area contributed by atoms with Gasteiger partial charge in [0.2, 0.25) is 0 Å². The molecule has 0 radical (unpaired) electrons. The summed E-state index contributed by atoms with van der Waals surface area (Å²) >= 11 is 0. The molecule has 0 aromatic heterocycles. The second kappa shape index (κ2) is 8.96. The molecule has 0 spiro atoms. The Hall–Kier alpha value is -1.70. The Kier molecular flexibility index (Phi) is 6.96. The first-order valence-electron chi connectivity index (χ1n) is 9.20. The average Bonchev–Trinajstić information content (AvgIpc) is 3.01. The lowest BCUT2D eigenvalue weighted by Gasteiger charge is -2.23. The summed E-state index contributed by atoms with van der Waals surface area (Å²) in [4.78, 5) is 0. The number of rotatable bonds is 2. The van der Waals surface area contributed by atoms with Crippen molar-refractivity contribution >= 4 is 5.57 Å². The van der Waals surface area contributed by atoms with Crippen LogP contribution >= 0.6 is 0 Å². The third-order valence-electron chi connectivity index (χ3n) is 4.91. The van der Waals surface area contributed by atoms with Crippen LogP contribution in [0.1, 0.15) is 75.5 Å². The minimum Gasteiger partial charge on any atom is -0.215 e. The number of hydrogen-bond acceptors (Lipinski definition) is 0. The zero-order valence-corrected chi connectivity index (χ0v) is 15.0. The summed E-state index contributed by atoms with van der Waals surface area (Å²) < 4.78 is 28.1. The summed E-state index contributed by atoms with van der Waals surface area (Å²) in [5, 5.41) is 0. The Morgan fingerprint density at radius 1 is 1.08 bits per heavy atom. The molecule has 0 heterocycles. The quantitative estimate of drug-likeness (QED) is 0.535. The molecule has 0 unspecified atom stereocenters. The molecule has 0 amide bonds.